The number of benzene rings is 2. The number of anilines is 1. The van der Waals surface area contributed by atoms with Gasteiger partial charge >= 0.3 is 0 Å². The number of imidazole rings is 1. The lowest BCUT2D eigenvalue weighted by molar-refractivity contribution is 0.628. The number of hydrogen-bond acceptors (Lipinski definition) is 2. The molecule has 0 saturated heterocycles. The summed E-state index contributed by atoms with van der Waals surface area (Å²) >= 11 is 5.95. The minimum Gasteiger partial charge on any atom is -0.398 e. The summed E-state index contributed by atoms with van der Waals surface area (Å²) < 4.78 is 15.0. The number of nitrogens with two attached hydrogens (primary N) is 1. The van der Waals surface area contributed by atoms with Crippen molar-refractivity contribution in [1.29, 1.82) is 0 Å². The summed E-state index contributed by atoms with van der Waals surface area (Å²) in [4.78, 5) is 4.51. The predicted octanol–water partition coefficient (Wildman–Crippen LogP) is 3.62. The third-order valence-corrected chi connectivity index (χ3v) is 3.33. The van der Waals surface area contributed by atoms with Gasteiger partial charge in [0.1, 0.15) is 11.6 Å². The molecule has 19 heavy (non-hydrogen) atoms. The first-order valence-corrected chi connectivity index (χ1v) is 6.11. The Morgan fingerprint density at radius 1 is 1.21 bits per heavy atom. The van der Waals surface area contributed by atoms with Crippen LogP contribution in [0.4, 0.5) is 10.1 Å². The summed E-state index contributed by atoms with van der Waals surface area (Å²) in [5, 5.41) is 0.629. The Balaban J connectivity index is 2.27. The molecule has 0 fully saturated rings. The van der Waals surface area contributed by atoms with Crippen LogP contribution < -0.4 is 5.73 Å². The van der Waals surface area contributed by atoms with E-state index in [-0.39, 0.29) is 5.82 Å². The van der Waals surface area contributed by atoms with E-state index < -0.39 is 0 Å². The number of hydrogen-bond donors (Lipinski definition) is 1. The Labute approximate surface area is 114 Å². The Hall–Kier alpha value is -2.07. The molecule has 2 aromatic carbocycles. The summed E-state index contributed by atoms with van der Waals surface area (Å²) in [6, 6.07) is 9.80. The van der Waals surface area contributed by atoms with E-state index in [1.54, 1.807) is 12.1 Å². The SMILES string of the molecule is Cn1c(-c2ccc(F)cc2N)nc2cc(Cl)ccc21. The monoisotopic (exact) mass is 275 g/mol. The molecule has 0 spiro atoms. The first kappa shape index (κ1) is 12.0. The van der Waals surface area contributed by atoms with Crippen molar-refractivity contribution < 1.29 is 4.39 Å². The fourth-order valence-corrected chi connectivity index (χ4v) is 2.32. The maximum atomic E-state index is 13.1. The summed E-state index contributed by atoms with van der Waals surface area (Å²) in [7, 11) is 1.89. The summed E-state index contributed by atoms with van der Waals surface area (Å²) in [5.41, 5.74) is 8.66. The highest BCUT2D eigenvalue weighted by molar-refractivity contribution is 6.31. The number of aromatic nitrogens is 2. The quantitative estimate of drug-likeness (QED) is 0.690. The van der Waals surface area contributed by atoms with Gasteiger partial charge < -0.3 is 10.3 Å². The van der Waals surface area contributed by atoms with Crippen LogP contribution in [-0.2, 0) is 7.05 Å². The standard InChI is InChI=1S/C14H11ClFN3/c1-19-13-5-2-8(15)6-12(13)18-14(19)10-4-3-9(16)7-11(10)17/h2-7H,17H2,1H3. The lowest BCUT2D eigenvalue weighted by Crippen LogP contribution is -1.97. The van der Waals surface area contributed by atoms with Crippen molar-refractivity contribution in [3.63, 3.8) is 0 Å². The van der Waals surface area contributed by atoms with Crippen LogP contribution in [0.1, 0.15) is 0 Å². The molecule has 1 heterocycles. The van der Waals surface area contributed by atoms with E-state index in [1.165, 1.54) is 12.1 Å². The molecule has 0 unspecified atom stereocenters. The topological polar surface area (TPSA) is 43.8 Å². The predicted molar refractivity (Wildman–Crippen MR) is 75.5 cm³/mol. The molecule has 2 N–H and O–H groups in total. The van der Waals surface area contributed by atoms with Gasteiger partial charge in [-0.2, -0.15) is 0 Å². The van der Waals surface area contributed by atoms with Crippen molar-refractivity contribution in [3.05, 3.63) is 47.2 Å². The fraction of sp³-hybridized carbons (Fsp3) is 0.0714. The number of fused-ring (bicyclic) bond motifs is 1. The van der Waals surface area contributed by atoms with Crippen molar-refractivity contribution in [3.8, 4) is 11.4 Å². The number of nitrogens with zero attached hydrogens (tertiary/aromatic N) is 2. The van der Waals surface area contributed by atoms with E-state index in [0.717, 1.165) is 11.0 Å². The summed E-state index contributed by atoms with van der Waals surface area (Å²) in [5.74, 6) is 0.331. The van der Waals surface area contributed by atoms with Gasteiger partial charge in [0.2, 0.25) is 0 Å². The van der Waals surface area contributed by atoms with Gasteiger partial charge in [-0.25, -0.2) is 9.37 Å². The molecule has 3 rings (SSSR count). The molecule has 0 bridgehead atoms. The minimum atomic E-state index is -0.358. The van der Waals surface area contributed by atoms with Crippen LogP contribution in [0.3, 0.4) is 0 Å². The highest BCUT2D eigenvalue weighted by Gasteiger charge is 2.12. The molecule has 0 radical (unpaired) electrons. The van der Waals surface area contributed by atoms with E-state index in [1.807, 2.05) is 23.7 Å². The largest absolute Gasteiger partial charge is 0.398 e. The van der Waals surface area contributed by atoms with Gasteiger partial charge in [-0.15, -0.1) is 0 Å². The zero-order chi connectivity index (χ0) is 13.6. The van der Waals surface area contributed by atoms with E-state index >= 15 is 0 Å². The normalized spacial score (nSPS) is 11.1. The molecule has 0 aliphatic carbocycles. The number of nitrogen functional groups attached to an aromatic ring is 1. The summed E-state index contributed by atoms with van der Waals surface area (Å²) in [6.07, 6.45) is 0. The Morgan fingerprint density at radius 3 is 2.74 bits per heavy atom. The molecular weight excluding hydrogens is 265 g/mol. The molecular formula is C14H11ClFN3. The molecule has 0 atom stereocenters. The zero-order valence-corrected chi connectivity index (χ0v) is 10.9. The third kappa shape index (κ3) is 1.94. The second-order valence-electron chi connectivity index (χ2n) is 4.36. The van der Waals surface area contributed by atoms with Gasteiger partial charge in [-0.3, -0.25) is 0 Å². The van der Waals surface area contributed by atoms with Crippen LogP contribution in [0, 0.1) is 5.82 Å². The van der Waals surface area contributed by atoms with E-state index in [0.29, 0.717) is 22.1 Å². The molecule has 5 heteroatoms. The van der Waals surface area contributed by atoms with Gasteiger partial charge in [-0.05, 0) is 36.4 Å². The molecule has 0 aliphatic heterocycles. The molecule has 3 aromatic rings. The second-order valence-corrected chi connectivity index (χ2v) is 4.80. The van der Waals surface area contributed by atoms with E-state index in [2.05, 4.69) is 4.98 Å². The zero-order valence-electron chi connectivity index (χ0n) is 10.2. The Bertz CT molecular complexity index is 780. The van der Waals surface area contributed by atoms with E-state index in [4.69, 9.17) is 17.3 Å². The number of aryl methyl sites for hydroxylation is 1. The van der Waals surface area contributed by atoms with Crippen molar-refractivity contribution >= 4 is 28.3 Å². The van der Waals surface area contributed by atoms with Gasteiger partial charge in [0.25, 0.3) is 0 Å². The molecule has 0 saturated carbocycles. The van der Waals surface area contributed by atoms with Crippen LogP contribution in [-0.4, -0.2) is 9.55 Å². The van der Waals surface area contributed by atoms with Crippen LogP contribution in [0.15, 0.2) is 36.4 Å². The van der Waals surface area contributed by atoms with Crippen LogP contribution in [0.2, 0.25) is 5.02 Å². The molecule has 3 nitrogen and oxygen atoms in total. The average molecular weight is 276 g/mol. The van der Waals surface area contributed by atoms with Crippen LogP contribution >= 0.6 is 11.6 Å². The molecule has 0 amide bonds. The van der Waals surface area contributed by atoms with Crippen molar-refractivity contribution in [2.45, 2.75) is 0 Å². The smallest absolute Gasteiger partial charge is 0.142 e. The highest BCUT2D eigenvalue weighted by Crippen LogP contribution is 2.29. The molecule has 1 aromatic heterocycles. The highest BCUT2D eigenvalue weighted by atomic mass is 35.5. The Kier molecular flexibility index (Phi) is 2.68. The lowest BCUT2D eigenvalue weighted by Gasteiger charge is -2.05. The van der Waals surface area contributed by atoms with Gasteiger partial charge in [-0.1, -0.05) is 11.6 Å². The van der Waals surface area contributed by atoms with Crippen molar-refractivity contribution in [2.24, 2.45) is 7.05 Å². The minimum absolute atomic E-state index is 0.358. The third-order valence-electron chi connectivity index (χ3n) is 3.10. The number of rotatable bonds is 1. The lowest BCUT2D eigenvalue weighted by atomic mass is 10.1. The van der Waals surface area contributed by atoms with Crippen LogP contribution in [0.25, 0.3) is 22.4 Å². The maximum absolute atomic E-state index is 13.1. The molecule has 96 valence electrons. The van der Waals surface area contributed by atoms with Crippen molar-refractivity contribution in [1.82, 2.24) is 9.55 Å². The summed E-state index contributed by atoms with van der Waals surface area (Å²) in [6.45, 7) is 0. The van der Waals surface area contributed by atoms with E-state index in [9.17, 15) is 4.39 Å². The molecule has 0 aliphatic rings. The second kappa shape index (κ2) is 4.24. The van der Waals surface area contributed by atoms with Gasteiger partial charge in [0.05, 0.1) is 11.0 Å². The van der Waals surface area contributed by atoms with Gasteiger partial charge in [0.15, 0.2) is 0 Å². The van der Waals surface area contributed by atoms with Gasteiger partial charge in [0, 0.05) is 23.3 Å². The van der Waals surface area contributed by atoms with Crippen molar-refractivity contribution in [2.75, 3.05) is 5.73 Å². The Morgan fingerprint density at radius 2 is 2.00 bits per heavy atom. The first-order chi connectivity index (χ1) is 9.06. The fourth-order valence-electron chi connectivity index (χ4n) is 2.15. The number of halogens is 2. The first-order valence-electron chi connectivity index (χ1n) is 5.73. The average Bonchev–Trinajstić information content (AvgIpc) is 2.66. The van der Waals surface area contributed by atoms with Crippen LogP contribution in [0.5, 0.6) is 0 Å². The maximum Gasteiger partial charge on any atom is 0.142 e.